The van der Waals surface area contributed by atoms with E-state index in [4.69, 9.17) is 0 Å². The number of likely N-dealkylation sites (N-methyl/N-ethyl adjacent to an activating group) is 1. The molecule has 2 fully saturated rings. The van der Waals surface area contributed by atoms with Crippen LogP contribution in [-0.2, 0) is 0 Å². The molecule has 4 heteroatoms. The third kappa shape index (κ3) is 4.99. The van der Waals surface area contributed by atoms with Crippen LogP contribution in [0.4, 0.5) is 0 Å². The quantitative estimate of drug-likeness (QED) is 0.742. The monoisotopic (exact) mass is 282 g/mol. The highest BCUT2D eigenvalue weighted by Crippen LogP contribution is 2.10. The molecule has 20 heavy (non-hydrogen) atoms. The highest BCUT2D eigenvalue weighted by molar-refractivity contribution is 4.77. The molecule has 2 aliphatic heterocycles. The Morgan fingerprint density at radius 1 is 0.700 bits per heavy atom. The second-order valence-electron chi connectivity index (χ2n) is 7.14. The molecule has 118 valence electrons. The molecule has 1 atom stereocenters. The molecule has 0 radical (unpaired) electrons. The molecule has 0 spiro atoms. The minimum Gasteiger partial charge on any atom is -0.304 e. The summed E-state index contributed by atoms with van der Waals surface area (Å²) in [5, 5.41) is 0. The fourth-order valence-electron chi connectivity index (χ4n) is 3.43. The van der Waals surface area contributed by atoms with Crippen LogP contribution in [0.5, 0.6) is 0 Å². The SMILES string of the molecule is CC(CN1CCN(C)CC1)CN1CCN(C(C)C)CC1. The van der Waals surface area contributed by atoms with E-state index in [0.717, 1.165) is 5.92 Å². The summed E-state index contributed by atoms with van der Waals surface area (Å²) in [5.41, 5.74) is 0. The van der Waals surface area contributed by atoms with Crippen molar-refractivity contribution in [3.8, 4) is 0 Å². The molecule has 0 bridgehead atoms. The van der Waals surface area contributed by atoms with Crippen LogP contribution in [0.25, 0.3) is 0 Å². The van der Waals surface area contributed by atoms with Crippen molar-refractivity contribution in [2.24, 2.45) is 5.92 Å². The first-order valence-corrected chi connectivity index (χ1v) is 8.42. The van der Waals surface area contributed by atoms with Gasteiger partial charge in [0.2, 0.25) is 0 Å². The van der Waals surface area contributed by atoms with Gasteiger partial charge in [0, 0.05) is 71.5 Å². The van der Waals surface area contributed by atoms with Gasteiger partial charge in [0.1, 0.15) is 0 Å². The van der Waals surface area contributed by atoms with Crippen molar-refractivity contribution in [1.82, 2.24) is 19.6 Å². The van der Waals surface area contributed by atoms with Gasteiger partial charge in [-0.15, -0.1) is 0 Å². The second kappa shape index (κ2) is 7.74. The summed E-state index contributed by atoms with van der Waals surface area (Å²) in [6.45, 7) is 19.6. The predicted molar refractivity (Wildman–Crippen MR) is 86.3 cm³/mol. The van der Waals surface area contributed by atoms with Crippen LogP contribution in [0, 0.1) is 5.92 Å². The molecule has 0 aromatic carbocycles. The van der Waals surface area contributed by atoms with Gasteiger partial charge in [-0.05, 0) is 26.8 Å². The van der Waals surface area contributed by atoms with Gasteiger partial charge in [0.05, 0.1) is 0 Å². The van der Waals surface area contributed by atoms with Gasteiger partial charge >= 0.3 is 0 Å². The summed E-state index contributed by atoms with van der Waals surface area (Å²) in [7, 11) is 2.23. The van der Waals surface area contributed by atoms with Crippen molar-refractivity contribution in [1.29, 1.82) is 0 Å². The number of nitrogens with zero attached hydrogens (tertiary/aromatic N) is 4. The Hall–Kier alpha value is -0.160. The molecule has 0 aliphatic carbocycles. The molecule has 2 rings (SSSR count). The normalized spacial score (nSPS) is 26.2. The Balaban J connectivity index is 1.64. The smallest absolute Gasteiger partial charge is 0.0113 e. The largest absolute Gasteiger partial charge is 0.304 e. The summed E-state index contributed by atoms with van der Waals surface area (Å²) < 4.78 is 0. The van der Waals surface area contributed by atoms with Gasteiger partial charge in [0.25, 0.3) is 0 Å². The summed E-state index contributed by atoms with van der Waals surface area (Å²) in [5.74, 6) is 0.795. The number of hydrogen-bond acceptors (Lipinski definition) is 4. The van der Waals surface area contributed by atoms with Crippen molar-refractivity contribution in [2.45, 2.75) is 26.8 Å². The molecule has 0 aromatic rings. The molecule has 0 aromatic heterocycles. The predicted octanol–water partition coefficient (Wildman–Crippen LogP) is 0.896. The maximum absolute atomic E-state index is 2.67. The van der Waals surface area contributed by atoms with E-state index < -0.39 is 0 Å². The molecule has 2 heterocycles. The standard InChI is InChI=1S/C16H34N4/c1-15(2)20-11-9-19(10-12-20)14-16(3)13-18-7-5-17(4)6-8-18/h15-16H,5-14H2,1-4H3. The lowest BCUT2D eigenvalue weighted by Crippen LogP contribution is -2.51. The minimum absolute atomic E-state index is 0.708. The Labute approximate surface area is 125 Å². The number of hydrogen-bond donors (Lipinski definition) is 0. The Bertz CT molecular complexity index is 266. The highest BCUT2D eigenvalue weighted by Gasteiger charge is 2.21. The Morgan fingerprint density at radius 3 is 1.60 bits per heavy atom. The van der Waals surface area contributed by atoms with Crippen molar-refractivity contribution < 1.29 is 0 Å². The summed E-state index contributed by atoms with van der Waals surface area (Å²) in [4.78, 5) is 10.3. The fraction of sp³-hybridized carbons (Fsp3) is 1.00. The van der Waals surface area contributed by atoms with Crippen LogP contribution in [0.3, 0.4) is 0 Å². The zero-order valence-electron chi connectivity index (χ0n) is 14.0. The van der Waals surface area contributed by atoms with Crippen molar-refractivity contribution >= 4 is 0 Å². The van der Waals surface area contributed by atoms with E-state index in [-0.39, 0.29) is 0 Å². The Kier molecular flexibility index (Phi) is 6.27. The first-order valence-electron chi connectivity index (χ1n) is 8.42. The lowest BCUT2D eigenvalue weighted by Gasteiger charge is -2.39. The molecule has 2 aliphatic rings. The first kappa shape index (κ1) is 16.2. The molecule has 4 nitrogen and oxygen atoms in total. The van der Waals surface area contributed by atoms with Gasteiger partial charge in [0.15, 0.2) is 0 Å². The molecule has 1 unspecified atom stereocenters. The zero-order valence-corrected chi connectivity index (χ0v) is 14.0. The van der Waals surface area contributed by atoms with E-state index in [1.165, 1.54) is 65.4 Å². The first-order chi connectivity index (χ1) is 9.54. The third-order valence-electron chi connectivity index (χ3n) is 4.87. The fourth-order valence-corrected chi connectivity index (χ4v) is 3.43. The van der Waals surface area contributed by atoms with Crippen LogP contribution >= 0.6 is 0 Å². The van der Waals surface area contributed by atoms with Crippen LogP contribution in [0.1, 0.15) is 20.8 Å². The van der Waals surface area contributed by atoms with E-state index in [2.05, 4.69) is 47.4 Å². The summed E-state index contributed by atoms with van der Waals surface area (Å²) in [6, 6.07) is 0.708. The number of piperazine rings is 2. The molecule has 0 amide bonds. The molecular formula is C16H34N4. The van der Waals surface area contributed by atoms with E-state index in [0.29, 0.717) is 6.04 Å². The number of rotatable bonds is 5. The molecular weight excluding hydrogens is 248 g/mol. The van der Waals surface area contributed by atoms with Crippen LogP contribution < -0.4 is 0 Å². The maximum Gasteiger partial charge on any atom is 0.0113 e. The lowest BCUT2D eigenvalue weighted by molar-refractivity contribution is 0.0840. The zero-order chi connectivity index (χ0) is 14.5. The van der Waals surface area contributed by atoms with Gasteiger partial charge in [-0.2, -0.15) is 0 Å². The van der Waals surface area contributed by atoms with E-state index in [1.54, 1.807) is 0 Å². The average Bonchev–Trinajstić information content (AvgIpc) is 2.42. The average molecular weight is 282 g/mol. The van der Waals surface area contributed by atoms with Crippen LogP contribution in [-0.4, -0.2) is 98.1 Å². The van der Waals surface area contributed by atoms with Crippen LogP contribution in [0.2, 0.25) is 0 Å². The second-order valence-corrected chi connectivity index (χ2v) is 7.14. The molecule has 2 saturated heterocycles. The van der Waals surface area contributed by atoms with Gasteiger partial charge in [-0.25, -0.2) is 0 Å². The summed E-state index contributed by atoms with van der Waals surface area (Å²) in [6.07, 6.45) is 0. The van der Waals surface area contributed by atoms with Crippen molar-refractivity contribution in [3.63, 3.8) is 0 Å². The van der Waals surface area contributed by atoms with Gasteiger partial charge in [-0.1, -0.05) is 6.92 Å². The topological polar surface area (TPSA) is 13.0 Å². The van der Waals surface area contributed by atoms with E-state index >= 15 is 0 Å². The molecule has 0 N–H and O–H groups in total. The van der Waals surface area contributed by atoms with Crippen LogP contribution in [0.15, 0.2) is 0 Å². The van der Waals surface area contributed by atoms with Crippen molar-refractivity contribution in [3.05, 3.63) is 0 Å². The Morgan fingerprint density at radius 2 is 1.15 bits per heavy atom. The van der Waals surface area contributed by atoms with Crippen molar-refractivity contribution in [2.75, 3.05) is 72.5 Å². The minimum atomic E-state index is 0.708. The van der Waals surface area contributed by atoms with Gasteiger partial charge in [-0.3, -0.25) is 4.90 Å². The maximum atomic E-state index is 2.67. The summed E-state index contributed by atoms with van der Waals surface area (Å²) >= 11 is 0. The lowest BCUT2D eigenvalue weighted by atomic mass is 10.1. The third-order valence-corrected chi connectivity index (χ3v) is 4.87. The molecule has 0 saturated carbocycles. The van der Waals surface area contributed by atoms with Gasteiger partial charge < -0.3 is 14.7 Å². The van der Waals surface area contributed by atoms with E-state index in [1.807, 2.05) is 0 Å². The highest BCUT2D eigenvalue weighted by atomic mass is 15.3. The van der Waals surface area contributed by atoms with E-state index in [9.17, 15) is 0 Å².